The highest BCUT2D eigenvalue weighted by Gasteiger charge is 2.39. The Hall–Kier alpha value is -5.74. The summed E-state index contributed by atoms with van der Waals surface area (Å²) in [6.45, 7) is 5.02. The van der Waals surface area contributed by atoms with Crippen molar-refractivity contribution in [2.75, 3.05) is 6.54 Å². The van der Waals surface area contributed by atoms with Gasteiger partial charge in [0.15, 0.2) is 12.2 Å². The van der Waals surface area contributed by atoms with Gasteiger partial charge < -0.3 is 8.82 Å². The summed E-state index contributed by atoms with van der Waals surface area (Å²) >= 11 is 0. The van der Waals surface area contributed by atoms with E-state index in [4.69, 9.17) is 9.41 Å². The molecule has 4 heteroatoms. The number of rotatable bonds is 1. The van der Waals surface area contributed by atoms with Crippen LogP contribution in [0.2, 0.25) is 0 Å². The summed E-state index contributed by atoms with van der Waals surface area (Å²) in [5, 5.41) is 7.36. The third-order valence-corrected chi connectivity index (χ3v) is 11.3. The van der Waals surface area contributed by atoms with Gasteiger partial charge in [0.05, 0.1) is 22.3 Å². The molecule has 2 aliphatic rings. The Balaban J connectivity index is 1.18. The highest BCUT2D eigenvalue weighted by molar-refractivity contribution is 6.35. The van der Waals surface area contributed by atoms with Crippen molar-refractivity contribution in [3.8, 4) is 11.3 Å². The van der Waals surface area contributed by atoms with Gasteiger partial charge >= 0.3 is 0 Å². The fraction of sp³-hybridized carbons (Fsp3) is 0.136. The van der Waals surface area contributed by atoms with Crippen LogP contribution in [0.3, 0.4) is 0 Å². The zero-order valence-electron chi connectivity index (χ0n) is 26.5. The largest absolute Gasteiger partial charge is 0.456 e. The van der Waals surface area contributed by atoms with E-state index >= 15 is 0 Å². The summed E-state index contributed by atoms with van der Waals surface area (Å²) in [6.07, 6.45) is 7.24. The van der Waals surface area contributed by atoms with Crippen molar-refractivity contribution in [2.45, 2.75) is 31.2 Å². The number of pyridine rings is 1. The van der Waals surface area contributed by atoms with Crippen LogP contribution in [0.1, 0.15) is 41.5 Å². The van der Waals surface area contributed by atoms with Crippen LogP contribution in [0.25, 0.3) is 71.3 Å². The minimum atomic E-state index is 0.351. The van der Waals surface area contributed by atoms with E-state index < -0.39 is 0 Å². The van der Waals surface area contributed by atoms with E-state index in [0.717, 1.165) is 42.7 Å². The van der Waals surface area contributed by atoms with Gasteiger partial charge in [-0.05, 0) is 72.5 Å². The van der Waals surface area contributed by atoms with E-state index in [1.54, 1.807) is 0 Å². The minimum absolute atomic E-state index is 0.351. The zero-order chi connectivity index (χ0) is 31.5. The molecule has 0 radical (unpaired) electrons. The number of furan rings is 1. The molecule has 2 aliphatic heterocycles. The van der Waals surface area contributed by atoms with E-state index in [0.29, 0.717) is 12.0 Å². The first-order valence-electron chi connectivity index (χ1n) is 17.1. The molecule has 2 atom stereocenters. The van der Waals surface area contributed by atoms with Crippen molar-refractivity contribution >= 4 is 65.7 Å². The van der Waals surface area contributed by atoms with Gasteiger partial charge in [-0.2, -0.15) is 4.57 Å². The van der Waals surface area contributed by atoms with Crippen molar-refractivity contribution in [1.29, 1.82) is 0 Å². The lowest BCUT2D eigenvalue weighted by atomic mass is 9.78. The Bertz CT molecular complexity index is 2830. The van der Waals surface area contributed by atoms with Crippen LogP contribution in [0.4, 0.5) is 0 Å². The molecule has 0 spiro atoms. The summed E-state index contributed by atoms with van der Waals surface area (Å²) in [7, 11) is 0. The van der Waals surface area contributed by atoms with Crippen molar-refractivity contribution in [1.82, 2.24) is 4.40 Å². The molecule has 4 aromatic heterocycles. The smallest absolute Gasteiger partial charge is 0.213 e. The third kappa shape index (κ3) is 3.39. The number of aryl methyl sites for hydroxylation is 1. The second-order valence-corrected chi connectivity index (χ2v) is 13.6. The molecule has 2 unspecified atom stereocenters. The lowest BCUT2D eigenvalue weighted by Gasteiger charge is -2.31. The first-order chi connectivity index (χ1) is 23.8. The summed E-state index contributed by atoms with van der Waals surface area (Å²) in [5.74, 6) is 0.402. The quantitative estimate of drug-likeness (QED) is 0.169. The Morgan fingerprint density at radius 2 is 1.56 bits per heavy atom. The Morgan fingerprint density at radius 3 is 2.50 bits per heavy atom. The van der Waals surface area contributed by atoms with Crippen molar-refractivity contribution in [3.05, 3.63) is 145 Å². The molecule has 11 rings (SSSR count). The van der Waals surface area contributed by atoms with Gasteiger partial charge in [0.1, 0.15) is 11.2 Å². The maximum absolute atomic E-state index is 6.53. The lowest BCUT2D eigenvalue weighted by Crippen LogP contribution is -2.47. The van der Waals surface area contributed by atoms with E-state index in [-0.39, 0.29) is 0 Å². The van der Waals surface area contributed by atoms with Gasteiger partial charge in [-0.25, -0.2) is 0 Å². The predicted molar refractivity (Wildman–Crippen MR) is 197 cm³/mol. The molecular weight excluding hydrogens is 587 g/mol. The van der Waals surface area contributed by atoms with E-state index in [9.17, 15) is 0 Å². The number of hydrogen-bond acceptors (Lipinski definition) is 2. The molecule has 0 saturated heterocycles. The van der Waals surface area contributed by atoms with Crippen LogP contribution in [0.5, 0.6) is 0 Å². The van der Waals surface area contributed by atoms with Crippen LogP contribution >= 0.6 is 0 Å². The average molecular weight is 619 g/mol. The van der Waals surface area contributed by atoms with Gasteiger partial charge in [0, 0.05) is 74.5 Å². The fourth-order valence-electron chi connectivity index (χ4n) is 9.31. The van der Waals surface area contributed by atoms with Crippen LogP contribution < -0.4 is 4.57 Å². The number of hydrogen-bond donors (Lipinski definition) is 0. The average Bonchev–Trinajstić information content (AvgIpc) is 3.78. The topological polar surface area (TPSA) is 33.8 Å². The molecule has 5 aromatic carbocycles. The highest BCUT2D eigenvalue weighted by Crippen LogP contribution is 2.47. The number of nitrogens with zero attached hydrogens (tertiary/aromatic N) is 3. The Kier molecular flexibility index (Phi) is 5.29. The number of allylic oxidation sites excluding steroid dienone is 1. The molecule has 0 amide bonds. The zero-order valence-corrected chi connectivity index (χ0v) is 26.5. The number of aromatic nitrogens is 2. The molecule has 0 fully saturated rings. The summed E-state index contributed by atoms with van der Waals surface area (Å²) in [6, 6.07) is 40.4. The minimum Gasteiger partial charge on any atom is -0.456 e. The standard InChI is InChI=1S/C44H32N3O/c1-2-35-32-24-33-34-25-41-42(31-14-6-8-17-40(31)48-41)43-30-13-5-7-16-38(30)47(44(34)43)39(33)23-26(32)18-19-29-27-11-3-4-12-28(27)36-15-9-10-22-46(36)37(29)20-21-45-35/h2-17,22-25,29,37H,1,18-21H2/q+1. The lowest BCUT2D eigenvalue weighted by molar-refractivity contribution is -0.718. The van der Waals surface area contributed by atoms with Gasteiger partial charge in [-0.3, -0.25) is 4.99 Å². The van der Waals surface area contributed by atoms with E-state index in [2.05, 4.69) is 131 Å². The second kappa shape index (κ2) is 9.65. The molecule has 4 nitrogen and oxygen atoms in total. The molecule has 0 saturated carbocycles. The molecule has 9 aromatic rings. The Labute approximate surface area is 277 Å². The summed E-state index contributed by atoms with van der Waals surface area (Å²) < 4.78 is 11.6. The van der Waals surface area contributed by atoms with E-state index in [1.807, 2.05) is 6.08 Å². The predicted octanol–water partition coefficient (Wildman–Crippen LogP) is 10.3. The molecule has 0 N–H and O–H groups in total. The first-order valence-corrected chi connectivity index (χ1v) is 17.1. The molecule has 228 valence electrons. The van der Waals surface area contributed by atoms with Crippen LogP contribution in [0, 0.1) is 0 Å². The van der Waals surface area contributed by atoms with Crippen molar-refractivity contribution in [3.63, 3.8) is 0 Å². The maximum atomic E-state index is 6.53. The summed E-state index contributed by atoms with van der Waals surface area (Å²) in [4.78, 5) is 5.26. The number of para-hydroxylation sites is 2. The molecular formula is C44H32N3O+. The Morgan fingerprint density at radius 1 is 0.729 bits per heavy atom. The summed E-state index contributed by atoms with van der Waals surface area (Å²) in [5.41, 5.74) is 13.3. The SMILES string of the molecule is C=CC1=NCCC2C(CCc3cc4c(cc31)c1cc3oc5ccccc5c3c3c5ccccc5n4c13)c1ccccc1-c1cccc[n+]12. The maximum Gasteiger partial charge on any atom is 0.213 e. The van der Waals surface area contributed by atoms with Gasteiger partial charge in [0.2, 0.25) is 5.69 Å². The van der Waals surface area contributed by atoms with Gasteiger partial charge in [0.25, 0.3) is 0 Å². The molecule has 0 aliphatic carbocycles. The van der Waals surface area contributed by atoms with E-state index in [1.165, 1.54) is 76.8 Å². The highest BCUT2D eigenvalue weighted by atomic mass is 16.3. The number of aliphatic imine (C=N–C) groups is 1. The second-order valence-electron chi connectivity index (χ2n) is 13.6. The monoisotopic (exact) mass is 618 g/mol. The van der Waals surface area contributed by atoms with Gasteiger partial charge in [-0.1, -0.05) is 61.2 Å². The van der Waals surface area contributed by atoms with Gasteiger partial charge in [-0.15, -0.1) is 0 Å². The first kappa shape index (κ1) is 26.3. The molecule has 48 heavy (non-hydrogen) atoms. The van der Waals surface area contributed by atoms with Crippen molar-refractivity contribution < 1.29 is 8.98 Å². The molecule has 6 heterocycles. The normalized spacial score (nSPS) is 17.9. The number of fused-ring (bicyclic) bond motifs is 17. The van der Waals surface area contributed by atoms with Crippen LogP contribution in [-0.4, -0.2) is 16.7 Å². The number of benzene rings is 5. The van der Waals surface area contributed by atoms with Crippen LogP contribution in [0.15, 0.2) is 137 Å². The fourth-order valence-corrected chi connectivity index (χ4v) is 9.31. The molecule has 0 bridgehead atoms. The van der Waals surface area contributed by atoms with Crippen molar-refractivity contribution in [2.24, 2.45) is 4.99 Å². The third-order valence-electron chi connectivity index (χ3n) is 11.3. The van der Waals surface area contributed by atoms with Crippen LogP contribution in [-0.2, 0) is 6.42 Å².